The monoisotopic (exact) mass is 457 g/mol. The second-order valence-electron chi connectivity index (χ2n) is 7.75. The molecule has 2 aliphatic heterocycles. The van der Waals surface area contributed by atoms with E-state index in [1.165, 1.54) is 17.0 Å². The first-order valence-corrected chi connectivity index (χ1v) is 10.9. The number of rotatable bonds is 6. The van der Waals surface area contributed by atoms with Crippen molar-refractivity contribution >= 4 is 29.1 Å². The van der Waals surface area contributed by atoms with Crippen molar-refractivity contribution in [2.45, 2.75) is 31.9 Å². The SMILES string of the molecule is CCOc1ccc(Cl)c(/C(O)=C2\C(=O)C(=O)N(CC3CCCO3)C2c2ccc(O)cc2)c1. The molecule has 2 aromatic carbocycles. The number of benzene rings is 2. The van der Waals surface area contributed by atoms with Crippen LogP contribution in [-0.4, -0.2) is 52.7 Å². The Hall–Kier alpha value is -3.03. The number of likely N-dealkylation sites (tertiary alicyclic amines) is 1. The molecule has 0 saturated carbocycles. The number of amides is 1. The lowest BCUT2D eigenvalue weighted by molar-refractivity contribution is -0.140. The van der Waals surface area contributed by atoms with Crippen molar-refractivity contribution in [2.75, 3.05) is 19.8 Å². The molecule has 0 aliphatic carbocycles. The van der Waals surface area contributed by atoms with E-state index in [0.29, 0.717) is 24.5 Å². The van der Waals surface area contributed by atoms with E-state index < -0.39 is 17.7 Å². The Kier molecular flexibility index (Phi) is 6.39. The van der Waals surface area contributed by atoms with Gasteiger partial charge in [0.1, 0.15) is 17.3 Å². The molecule has 7 nitrogen and oxygen atoms in total. The van der Waals surface area contributed by atoms with Crippen molar-refractivity contribution in [1.82, 2.24) is 4.90 Å². The Morgan fingerprint density at radius 3 is 2.62 bits per heavy atom. The van der Waals surface area contributed by atoms with Crippen LogP contribution in [-0.2, 0) is 14.3 Å². The predicted octanol–water partition coefficient (Wildman–Crippen LogP) is 4.05. The van der Waals surface area contributed by atoms with Gasteiger partial charge in [0.2, 0.25) is 0 Å². The Morgan fingerprint density at radius 2 is 1.97 bits per heavy atom. The number of carbonyl (C=O) groups excluding carboxylic acids is 2. The lowest BCUT2D eigenvalue weighted by atomic mass is 9.95. The van der Waals surface area contributed by atoms with Gasteiger partial charge < -0.3 is 24.6 Å². The minimum Gasteiger partial charge on any atom is -0.508 e. The number of aromatic hydroxyl groups is 1. The van der Waals surface area contributed by atoms with Gasteiger partial charge in [-0.3, -0.25) is 9.59 Å². The number of phenols is 1. The molecule has 2 aromatic rings. The number of carbonyl (C=O) groups is 2. The van der Waals surface area contributed by atoms with Crippen LogP contribution in [0.15, 0.2) is 48.0 Å². The number of hydrogen-bond acceptors (Lipinski definition) is 6. The van der Waals surface area contributed by atoms with E-state index >= 15 is 0 Å². The van der Waals surface area contributed by atoms with E-state index in [9.17, 15) is 19.8 Å². The van der Waals surface area contributed by atoms with E-state index in [1.807, 2.05) is 6.92 Å². The van der Waals surface area contributed by atoms with Crippen LogP contribution >= 0.6 is 11.6 Å². The quantitative estimate of drug-likeness (QED) is 0.386. The molecular weight excluding hydrogens is 434 g/mol. The maximum atomic E-state index is 13.1. The highest BCUT2D eigenvalue weighted by Crippen LogP contribution is 2.42. The predicted molar refractivity (Wildman–Crippen MR) is 119 cm³/mol. The van der Waals surface area contributed by atoms with Crippen molar-refractivity contribution in [2.24, 2.45) is 0 Å². The maximum Gasteiger partial charge on any atom is 0.295 e. The fourth-order valence-corrected chi connectivity index (χ4v) is 4.37. The van der Waals surface area contributed by atoms with Gasteiger partial charge in [-0.05, 0) is 55.7 Å². The van der Waals surface area contributed by atoms with Gasteiger partial charge in [0.25, 0.3) is 11.7 Å². The third-order valence-corrected chi connectivity index (χ3v) is 6.01. The number of aliphatic hydroxyl groups excluding tert-OH is 1. The van der Waals surface area contributed by atoms with Crippen molar-refractivity contribution < 1.29 is 29.3 Å². The summed E-state index contributed by atoms with van der Waals surface area (Å²) in [6.07, 6.45) is 1.49. The summed E-state index contributed by atoms with van der Waals surface area (Å²) in [5.74, 6) is -1.35. The summed E-state index contributed by atoms with van der Waals surface area (Å²) in [7, 11) is 0. The van der Waals surface area contributed by atoms with Crippen LogP contribution in [0.4, 0.5) is 0 Å². The first-order valence-electron chi connectivity index (χ1n) is 10.5. The van der Waals surface area contributed by atoms with Gasteiger partial charge in [0.15, 0.2) is 0 Å². The van der Waals surface area contributed by atoms with Crippen molar-refractivity contribution in [3.63, 3.8) is 0 Å². The first kappa shape index (κ1) is 22.2. The molecule has 0 radical (unpaired) electrons. The van der Waals surface area contributed by atoms with Gasteiger partial charge in [-0.1, -0.05) is 23.7 Å². The third kappa shape index (κ3) is 4.18. The van der Waals surface area contributed by atoms with Crippen LogP contribution in [0, 0.1) is 0 Å². The summed E-state index contributed by atoms with van der Waals surface area (Å²) >= 11 is 6.33. The third-order valence-electron chi connectivity index (χ3n) is 5.68. The van der Waals surface area contributed by atoms with E-state index in [2.05, 4.69) is 0 Å². The van der Waals surface area contributed by atoms with Gasteiger partial charge in [0, 0.05) is 18.7 Å². The molecule has 32 heavy (non-hydrogen) atoms. The highest BCUT2D eigenvalue weighted by molar-refractivity contribution is 6.47. The summed E-state index contributed by atoms with van der Waals surface area (Å²) in [4.78, 5) is 27.5. The zero-order valence-electron chi connectivity index (χ0n) is 17.6. The molecule has 168 valence electrons. The second kappa shape index (κ2) is 9.22. The number of phenolic OH excluding ortho intramolecular Hbond substituents is 1. The Morgan fingerprint density at radius 1 is 1.22 bits per heavy atom. The van der Waals surface area contributed by atoms with Crippen LogP contribution in [0.5, 0.6) is 11.5 Å². The lowest BCUT2D eigenvalue weighted by Crippen LogP contribution is -2.36. The Bertz CT molecular complexity index is 1060. The van der Waals surface area contributed by atoms with Crippen LogP contribution in [0.1, 0.15) is 36.9 Å². The molecular formula is C24H24ClNO6. The number of ether oxygens (including phenoxy) is 2. The Labute approximate surface area is 190 Å². The molecule has 0 bridgehead atoms. The van der Waals surface area contributed by atoms with Crippen LogP contribution in [0.2, 0.25) is 5.02 Å². The number of ketones is 1. The average molecular weight is 458 g/mol. The van der Waals surface area contributed by atoms with E-state index in [4.69, 9.17) is 21.1 Å². The van der Waals surface area contributed by atoms with Crippen molar-refractivity contribution in [3.05, 3.63) is 64.2 Å². The molecule has 2 N–H and O–H groups in total. The molecule has 8 heteroatoms. The highest BCUT2D eigenvalue weighted by atomic mass is 35.5. The first-order chi connectivity index (χ1) is 15.4. The van der Waals surface area contributed by atoms with Crippen LogP contribution in [0.3, 0.4) is 0 Å². The zero-order valence-corrected chi connectivity index (χ0v) is 18.3. The van der Waals surface area contributed by atoms with Gasteiger partial charge in [-0.15, -0.1) is 0 Å². The number of halogens is 1. The van der Waals surface area contributed by atoms with E-state index in [1.54, 1.807) is 30.3 Å². The maximum absolute atomic E-state index is 13.1. The van der Waals surface area contributed by atoms with Gasteiger partial charge >= 0.3 is 0 Å². The summed E-state index contributed by atoms with van der Waals surface area (Å²) in [5, 5.41) is 21.1. The molecule has 2 atom stereocenters. The second-order valence-corrected chi connectivity index (χ2v) is 8.16. The topological polar surface area (TPSA) is 96.3 Å². The number of nitrogens with zero attached hydrogens (tertiary/aromatic N) is 1. The average Bonchev–Trinajstić information content (AvgIpc) is 3.38. The number of hydrogen-bond donors (Lipinski definition) is 2. The number of aliphatic hydroxyl groups is 1. The lowest BCUT2D eigenvalue weighted by Gasteiger charge is -2.27. The fraction of sp³-hybridized carbons (Fsp3) is 0.333. The van der Waals surface area contributed by atoms with Crippen LogP contribution in [0.25, 0.3) is 5.76 Å². The smallest absolute Gasteiger partial charge is 0.295 e. The standard InChI is InChI=1S/C24H24ClNO6/c1-2-31-16-9-10-19(25)18(12-16)22(28)20-21(14-5-7-15(27)8-6-14)26(24(30)23(20)29)13-17-4-3-11-32-17/h5-10,12,17,21,27-28H,2-4,11,13H2,1H3/b22-20+. The summed E-state index contributed by atoms with van der Waals surface area (Å²) < 4.78 is 11.2. The van der Waals surface area contributed by atoms with E-state index in [0.717, 1.165) is 12.8 Å². The molecule has 2 saturated heterocycles. The largest absolute Gasteiger partial charge is 0.508 e. The molecule has 2 aliphatic rings. The summed E-state index contributed by atoms with van der Waals surface area (Å²) in [6.45, 7) is 3.08. The molecule has 2 heterocycles. The number of Topliss-reactive ketones (excluding diaryl/α,β-unsaturated/α-hetero) is 1. The molecule has 4 rings (SSSR count). The molecule has 2 fully saturated rings. The molecule has 0 aromatic heterocycles. The normalized spacial score (nSPS) is 22.5. The summed E-state index contributed by atoms with van der Waals surface area (Å²) in [5.41, 5.74) is 0.726. The Balaban J connectivity index is 1.84. The van der Waals surface area contributed by atoms with Crippen molar-refractivity contribution in [1.29, 1.82) is 0 Å². The molecule has 0 spiro atoms. The van der Waals surface area contributed by atoms with E-state index in [-0.39, 0.29) is 40.3 Å². The van der Waals surface area contributed by atoms with Gasteiger partial charge in [-0.2, -0.15) is 0 Å². The van der Waals surface area contributed by atoms with Crippen LogP contribution < -0.4 is 4.74 Å². The molecule has 2 unspecified atom stereocenters. The highest BCUT2D eigenvalue weighted by Gasteiger charge is 2.47. The van der Waals surface area contributed by atoms with Crippen molar-refractivity contribution in [3.8, 4) is 11.5 Å². The zero-order chi connectivity index (χ0) is 22.8. The van der Waals surface area contributed by atoms with Gasteiger partial charge in [0.05, 0.1) is 29.3 Å². The van der Waals surface area contributed by atoms with Gasteiger partial charge in [-0.25, -0.2) is 0 Å². The minimum atomic E-state index is -0.841. The molecule has 1 amide bonds. The minimum absolute atomic E-state index is 0.0530. The fourth-order valence-electron chi connectivity index (χ4n) is 4.17. The summed E-state index contributed by atoms with van der Waals surface area (Å²) in [6, 6.07) is 10.1.